The van der Waals surface area contributed by atoms with Crippen LogP contribution in [-0.4, -0.2) is 34.8 Å². The van der Waals surface area contributed by atoms with Crippen LogP contribution >= 0.6 is 11.6 Å². The SMILES string of the molecule is CC(=O)OCO/C(=C(\c1ccc(C(C)(C)C)cc1)C1C=N1)c1c(Cl)c(C)nn1C. The van der Waals surface area contributed by atoms with Crippen molar-refractivity contribution in [3.63, 3.8) is 0 Å². The van der Waals surface area contributed by atoms with Gasteiger partial charge in [-0.15, -0.1) is 0 Å². The summed E-state index contributed by atoms with van der Waals surface area (Å²) < 4.78 is 12.6. The number of carbonyl (C=O) groups is 1. The number of esters is 1. The molecule has 1 aromatic heterocycles. The molecule has 1 aromatic carbocycles. The predicted molar refractivity (Wildman–Crippen MR) is 115 cm³/mol. The zero-order valence-corrected chi connectivity index (χ0v) is 18.4. The van der Waals surface area contributed by atoms with Crippen LogP contribution in [0.1, 0.15) is 50.2 Å². The maximum atomic E-state index is 11.2. The quantitative estimate of drug-likeness (QED) is 0.394. The zero-order valence-electron chi connectivity index (χ0n) is 17.6. The van der Waals surface area contributed by atoms with E-state index in [2.05, 4.69) is 55.1 Å². The minimum absolute atomic E-state index is 0.0512. The van der Waals surface area contributed by atoms with Crippen LogP contribution in [0.5, 0.6) is 0 Å². The summed E-state index contributed by atoms with van der Waals surface area (Å²) in [6.07, 6.45) is 1.85. The van der Waals surface area contributed by atoms with Gasteiger partial charge in [0.2, 0.25) is 6.79 Å². The van der Waals surface area contributed by atoms with Gasteiger partial charge < -0.3 is 9.47 Å². The van der Waals surface area contributed by atoms with Crippen molar-refractivity contribution in [2.75, 3.05) is 6.79 Å². The molecule has 6 nitrogen and oxygen atoms in total. The Kier molecular flexibility index (Phi) is 5.85. The minimum Gasteiger partial charge on any atom is -0.455 e. The molecule has 0 aliphatic carbocycles. The molecule has 0 saturated heterocycles. The largest absolute Gasteiger partial charge is 0.455 e. The van der Waals surface area contributed by atoms with Crippen molar-refractivity contribution in [3.05, 3.63) is 51.8 Å². The third kappa shape index (κ3) is 4.70. The first-order chi connectivity index (χ1) is 13.6. The average molecular weight is 416 g/mol. The van der Waals surface area contributed by atoms with Gasteiger partial charge in [-0.3, -0.25) is 14.5 Å². The van der Waals surface area contributed by atoms with Gasteiger partial charge in [0.05, 0.1) is 10.7 Å². The van der Waals surface area contributed by atoms with Crippen LogP contribution in [0, 0.1) is 6.92 Å². The van der Waals surface area contributed by atoms with Crippen LogP contribution in [0.4, 0.5) is 0 Å². The molecule has 0 amide bonds. The summed E-state index contributed by atoms with van der Waals surface area (Å²) in [6, 6.07) is 8.22. The summed E-state index contributed by atoms with van der Waals surface area (Å²) >= 11 is 6.55. The zero-order chi connectivity index (χ0) is 21.3. The van der Waals surface area contributed by atoms with Crippen LogP contribution in [0.2, 0.25) is 5.02 Å². The highest BCUT2D eigenvalue weighted by Gasteiger charge is 2.30. The van der Waals surface area contributed by atoms with E-state index >= 15 is 0 Å². The summed E-state index contributed by atoms with van der Waals surface area (Å²) in [7, 11) is 1.80. The van der Waals surface area contributed by atoms with E-state index in [1.165, 1.54) is 12.5 Å². The van der Waals surface area contributed by atoms with Crippen molar-refractivity contribution in [3.8, 4) is 0 Å². The van der Waals surface area contributed by atoms with E-state index in [1.807, 2.05) is 13.1 Å². The topological polar surface area (TPSA) is 65.7 Å². The fraction of sp³-hybridized carbons (Fsp3) is 0.409. The lowest BCUT2D eigenvalue weighted by Crippen LogP contribution is -2.12. The van der Waals surface area contributed by atoms with E-state index in [9.17, 15) is 4.79 Å². The fourth-order valence-corrected chi connectivity index (χ4v) is 3.35. The molecule has 1 unspecified atom stereocenters. The van der Waals surface area contributed by atoms with Gasteiger partial charge in [-0.25, -0.2) is 0 Å². The van der Waals surface area contributed by atoms with Crippen molar-refractivity contribution in [2.45, 2.75) is 46.1 Å². The van der Waals surface area contributed by atoms with E-state index in [0.29, 0.717) is 22.2 Å². The Hall–Kier alpha value is -2.60. The van der Waals surface area contributed by atoms with E-state index in [-0.39, 0.29) is 18.2 Å². The molecule has 3 rings (SSSR count). The molecule has 7 heteroatoms. The summed E-state index contributed by atoms with van der Waals surface area (Å²) in [5.41, 5.74) is 4.43. The van der Waals surface area contributed by atoms with Gasteiger partial charge in [-0.2, -0.15) is 5.10 Å². The first-order valence-electron chi connectivity index (χ1n) is 9.43. The number of nitrogens with zero attached hydrogens (tertiary/aromatic N) is 3. The van der Waals surface area contributed by atoms with E-state index in [1.54, 1.807) is 11.7 Å². The Balaban J connectivity index is 2.12. The van der Waals surface area contributed by atoms with Crippen molar-refractivity contribution >= 4 is 35.1 Å². The first-order valence-corrected chi connectivity index (χ1v) is 9.81. The maximum Gasteiger partial charge on any atom is 0.305 e. The van der Waals surface area contributed by atoms with Crippen LogP contribution in [0.15, 0.2) is 29.3 Å². The Morgan fingerprint density at radius 1 is 1.21 bits per heavy atom. The summed E-state index contributed by atoms with van der Waals surface area (Å²) in [5.74, 6) is 0.0840. The molecule has 1 aliphatic rings. The van der Waals surface area contributed by atoms with Gasteiger partial charge in [0.1, 0.15) is 11.7 Å². The second kappa shape index (κ2) is 8.03. The van der Waals surface area contributed by atoms with Gasteiger partial charge in [0, 0.05) is 25.8 Å². The number of halogens is 1. The number of rotatable bonds is 6. The molecule has 0 bridgehead atoms. The lowest BCUT2D eigenvalue weighted by Gasteiger charge is -2.20. The first kappa shape index (κ1) is 21.1. The number of aliphatic imine (C=N–C) groups is 1. The molecule has 0 spiro atoms. The predicted octanol–water partition coefficient (Wildman–Crippen LogP) is 4.54. The van der Waals surface area contributed by atoms with Gasteiger partial charge in [-0.05, 0) is 23.5 Å². The van der Waals surface area contributed by atoms with Crippen molar-refractivity contribution in [1.82, 2.24) is 9.78 Å². The summed E-state index contributed by atoms with van der Waals surface area (Å²) in [6.45, 7) is 9.48. The molecule has 2 aromatic rings. The number of ether oxygens (including phenoxy) is 2. The number of aryl methyl sites for hydroxylation is 2. The Morgan fingerprint density at radius 2 is 1.83 bits per heavy atom. The number of carbonyl (C=O) groups excluding carboxylic acids is 1. The fourth-order valence-electron chi connectivity index (χ4n) is 3.10. The van der Waals surface area contributed by atoms with E-state index < -0.39 is 5.97 Å². The molecule has 1 atom stereocenters. The second-order valence-corrected chi connectivity index (χ2v) is 8.46. The average Bonchev–Trinajstić information content (AvgIpc) is 3.42. The highest BCUT2D eigenvalue weighted by molar-refractivity contribution is 6.33. The number of benzene rings is 1. The normalized spacial score (nSPS) is 16.4. The van der Waals surface area contributed by atoms with Gasteiger partial charge in [-0.1, -0.05) is 56.6 Å². The number of hydrogen-bond donors (Lipinski definition) is 0. The van der Waals surface area contributed by atoms with Crippen molar-refractivity contribution in [2.24, 2.45) is 12.0 Å². The Morgan fingerprint density at radius 3 is 2.28 bits per heavy atom. The van der Waals surface area contributed by atoms with E-state index in [0.717, 1.165) is 11.1 Å². The molecule has 0 N–H and O–H groups in total. The van der Waals surface area contributed by atoms with Crippen LogP contribution in [-0.2, 0) is 26.7 Å². The van der Waals surface area contributed by atoms with Crippen LogP contribution in [0.3, 0.4) is 0 Å². The molecule has 154 valence electrons. The molecule has 29 heavy (non-hydrogen) atoms. The minimum atomic E-state index is -0.421. The molecular weight excluding hydrogens is 390 g/mol. The van der Waals surface area contributed by atoms with Gasteiger partial charge in [0.25, 0.3) is 0 Å². The second-order valence-electron chi connectivity index (χ2n) is 8.08. The number of hydrogen-bond acceptors (Lipinski definition) is 5. The molecule has 2 heterocycles. The lowest BCUT2D eigenvalue weighted by atomic mass is 9.86. The monoisotopic (exact) mass is 415 g/mol. The summed E-state index contributed by atoms with van der Waals surface area (Å²) in [4.78, 5) is 15.6. The third-order valence-electron chi connectivity index (χ3n) is 4.73. The molecule has 0 fully saturated rings. The third-order valence-corrected chi connectivity index (χ3v) is 5.18. The molecule has 0 radical (unpaired) electrons. The van der Waals surface area contributed by atoms with Gasteiger partial charge in [0.15, 0.2) is 5.76 Å². The molecule has 0 saturated carbocycles. The van der Waals surface area contributed by atoms with Crippen molar-refractivity contribution in [1.29, 1.82) is 0 Å². The smallest absolute Gasteiger partial charge is 0.305 e. The van der Waals surface area contributed by atoms with Gasteiger partial charge >= 0.3 is 5.97 Å². The van der Waals surface area contributed by atoms with Crippen LogP contribution < -0.4 is 0 Å². The van der Waals surface area contributed by atoms with Crippen molar-refractivity contribution < 1.29 is 14.3 Å². The standard InChI is InChI=1S/C22H26ClN3O3/c1-13-19(23)20(26(6)25-13)21(29-12-28-14(2)27)18(17-11-24-17)15-7-9-16(10-8-15)22(3,4)5/h7-11,17H,12H2,1-6H3/b21-18+. The summed E-state index contributed by atoms with van der Waals surface area (Å²) in [5, 5.41) is 4.89. The highest BCUT2D eigenvalue weighted by Crippen LogP contribution is 2.38. The molecular formula is C22H26ClN3O3. The highest BCUT2D eigenvalue weighted by atomic mass is 35.5. The molecule has 1 aliphatic heterocycles. The Bertz CT molecular complexity index is 976. The lowest BCUT2D eigenvalue weighted by molar-refractivity contribution is -0.148. The van der Waals surface area contributed by atoms with E-state index in [4.69, 9.17) is 21.1 Å². The Labute approximate surface area is 176 Å². The van der Waals surface area contributed by atoms with Crippen LogP contribution in [0.25, 0.3) is 11.3 Å². The number of aromatic nitrogens is 2. The maximum absolute atomic E-state index is 11.2.